The van der Waals surface area contributed by atoms with Crippen LogP contribution in [0.2, 0.25) is 5.15 Å². The molecule has 7 nitrogen and oxygen atoms in total. The van der Waals surface area contributed by atoms with Gasteiger partial charge in [0.15, 0.2) is 0 Å². The zero-order valence-electron chi connectivity index (χ0n) is 14.7. The molecule has 1 aliphatic rings. The fraction of sp³-hybridized carbons (Fsp3) is 0.375. The summed E-state index contributed by atoms with van der Waals surface area (Å²) in [5.41, 5.74) is 1.45. The molecule has 11 heteroatoms. The molecule has 0 bridgehead atoms. The van der Waals surface area contributed by atoms with Gasteiger partial charge in [0.25, 0.3) is 10.0 Å². The van der Waals surface area contributed by atoms with Crippen molar-refractivity contribution in [1.82, 2.24) is 19.0 Å². The van der Waals surface area contributed by atoms with E-state index >= 15 is 0 Å². The number of carbonyl (C=O) groups excluding carboxylic acids is 1. The van der Waals surface area contributed by atoms with E-state index in [-0.39, 0.29) is 19.0 Å². The summed E-state index contributed by atoms with van der Waals surface area (Å²) in [4.78, 5) is 14.1. The smallest absolute Gasteiger partial charge is 0.252 e. The third-order valence-corrected chi connectivity index (χ3v) is 8.72. The molecule has 3 rings (SSSR count). The van der Waals surface area contributed by atoms with Crippen LogP contribution in [0.25, 0.3) is 6.08 Å². The van der Waals surface area contributed by atoms with E-state index in [0.29, 0.717) is 28.0 Å². The number of amides is 1. The van der Waals surface area contributed by atoms with Gasteiger partial charge in [0.2, 0.25) is 5.91 Å². The predicted octanol–water partition coefficient (Wildman–Crippen LogP) is 2.75. The molecule has 0 aromatic carbocycles. The van der Waals surface area contributed by atoms with Crippen molar-refractivity contribution in [1.29, 1.82) is 0 Å². The fourth-order valence-corrected chi connectivity index (χ4v) is 6.63. The molecule has 1 amide bonds. The summed E-state index contributed by atoms with van der Waals surface area (Å²) in [6, 6.07) is 3.30. The highest BCUT2D eigenvalue weighted by Crippen LogP contribution is 2.29. The summed E-state index contributed by atoms with van der Waals surface area (Å²) in [7, 11) is -1.78. The lowest BCUT2D eigenvalue weighted by Crippen LogP contribution is -2.50. The molecule has 0 saturated carbocycles. The first-order chi connectivity index (χ1) is 12.7. The molecule has 27 heavy (non-hydrogen) atoms. The molecule has 0 atom stereocenters. The van der Waals surface area contributed by atoms with Crippen LogP contribution >= 0.6 is 38.9 Å². The maximum atomic E-state index is 12.6. The highest BCUT2D eigenvalue weighted by atomic mass is 79.9. The van der Waals surface area contributed by atoms with Gasteiger partial charge in [-0.2, -0.15) is 9.40 Å². The van der Waals surface area contributed by atoms with Crippen molar-refractivity contribution in [2.24, 2.45) is 7.05 Å². The molecule has 1 fully saturated rings. The van der Waals surface area contributed by atoms with Crippen LogP contribution in [0.4, 0.5) is 0 Å². The SMILES string of the molecule is Cc1nn(C)c(Cl)c1/C=C/C(=O)N1CCN(S(=O)(=O)c2ccc(Br)s2)CC1. The molecule has 1 saturated heterocycles. The first kappa shape index (κ1) is 20.5. The van der Waals surface area contributed by atoms with Gasteiger partial charge in [-0.3, -0.25) is 9.48 Å². The van der Waals surface area contributed by atoms with Gasteiger partial charge in [-0.15, -0.1) is 11.3 Å². The first-order valence-corrected chi connectivity index (χ1v) is 11.5. The average Bonchev–Trinajstić information content (AvgIpc) is 3.17. The van der Waals surface area contributed by atoms with E-state index in [1.165, 1.54) is 21.7 Å². The highest BCUT2D eigenvalue weighted by Gasteiger charge is 2.30. The lowest BCUT2D eigenvalue weighted by molar-refractivity contribution is -0.127. The number of nitrogens with zero attached hydrogens (tertiary/aromatic N) is 4. The van der Waals surface area contributed by atoms with Crippen LogP contribution < -0.4 is 0 Å². The van der Waals surface area contributed by atoms with Gasteiger partial charge < -0.3 is 4.90 Å². The molecule has 0 radical (unpaired) electrons. The maximum Gasteiger partial charge on any atom is 0.252 e. The number of thiophene rings is 1. The molecule has 0 unspecified atom stereocenters. The van der Waals surface area contributed by atoms with E-state index in [9.17, 15) is 13.2 Å². The Kier molecular flexibility index (Phi) is 6.11. The minimum Gasteiger partial charge on any atom is -0.337 e. The third kappa shape index (κ3) is 4.29. The van der Waals surface area contributed by atoms with Gasteiger partial charge >= 0.3 is 0 Å². The molecular formula is C16H18BrClN4O3S2. The summed E-state index contributed by atoms with van der Waals surface area (Å²) in [5.74, 6) is -0.176. The normalized spacial score (nSPS) is 16.4. The molecule has 2 aromatic heterocycles. The molecule has 2 aromatic rings. The van der Waals surface area contributed by atoms with E-state index in [0.717, 1.165) is 9.48 Å². The van der Waals surface area contributed by atoms with Gasteiger partial charge in [-0.25, -0.2) is 8.42 Å². The van der Waals surface area contributed by atoms with Gasteiger partial charge in [0, 0.05) is 44.9 Å². The second-order valence-electron chi connectivity index (χ2n) is 6.03. The number of aromatic nitrogens is 2. The Hall–Kier alpha value is -1.20. The molecule has 0 aliphatic carbocycles. The Morgan fingerprint density at radius 3 is 2.48 bits per heavy atom. The predicted molar refractivity (Wildman–Crippen MR) is 109 cm³/mol. The van der Waals surface area contributed by atoms with Gasteiger partial charge in [-0.05, 0) is 41.1 Å². The summed E-state index contributed by atoms with van der Waals surface area (Å²) >= 11 is 10.6. The zero-order valence-corrected chi connectivity index (χ0v) is 18.7. The van der Waals surface area contributed by atoms with Crippen LogP contribution in [-0.4, -0.2) is 59.5 Å². The Balaban J connectivity index is 1.63. The lowest BCUT2D eigenvalue weighted by atomic mass is 10.2. The third-order valence-electron chi connectivity index (χ3n) is 4.28. The van der Waals surface area contributed by atoms with Crippen molar-refractivity contribution >= 4 is 60.9 Å². The number of aryl methyl sites for hydroxylation is 2. The molecule has 3 heterocycles. The van der Waals surface area contributed by atoms with Crippen LogP contribution in [-0.2, 0) is 21.9 Å². The topological polar surface area (TPSA) is 75.5 Å². The summed E-state index contributed by atoms with van der Waals surface area (Å²) in [6.45, 7) is 3.04. The maximum absolute atomic E-state index is 12.6. The average molecular weight is 494 g/mol. The summed E-state index contributed by atoms with van der Waals surface area (Å²) in [5, 5.41) is 4.67. The van der Waals surface area contributed by atoms with Crippen molar-refractivity contribution in [2.75, 3.05) is 26.2 Å². The number of halogens is 2. The van der Waals surface area contributed by atoms with E-state index in [1.807, 2.05) is 6.92 Å². The Labute approximate surface area is 175 Å². The van der Waals surface area contributed by atoms with Gasteiger partial charge in [0.1, 0.15) is 9.36 Å². The first-order valence-electron chi connectivity index (χ1n) is 8.11. The molecule has 146 valence electrons. The van der Waals surface area contributed by atoms with Crippen LogP contribution in [0.5, 0.6) is 0 Å². The number of piperazine rings is 1. The second kappa shape index (κ2) is 8.04. The number of rotatable bonds is 4. The van der Waals surface area contributed by atoms with Crippen molar-refractivity contribution in [3.63, 3.8) is 0 Å². The van der Waals surface area contributed by atoms with Crippen LogP contribution in [0.3, 0.4) is 0 Å². The van der Waals surface area contributed by atoms with E-state index in [4.69, 9.17) is 11.6 Å². The monoisotopic (exact) mass is 492 g/mol. The minimum absolute atomic E-state index is 0.176. The standard InChI is InChI=1S/C16H18BrClN4O3S2/c1-11-12(16(18)20(2)19-11)3-5-14(23)21-7-9-22(10-8-21)27(24,25)15-6-4-13(17)26-15/h3-6H,7-10H2,1-2H3/b5-3+. The van der Waals surface area contributed by atoms with E-state index in [2.05, 4.69) is 21.0 Å². The fourth-order valence-electron chi connectivity index (χ4n) is 2.81. The van der Waals surface area contributed by atoms with Crippen molar-refractivity contribution < 1.29 is 13.2 Å². The summed E-state index contributed by atoms with van der Waals surface area (Å²) in [6.07, 6.45) is 3.11. The van der Waals surface area contributed by atoms with E-state index in [1.54, 1.807) is 34.8 Å². The summed E-state index contributed by atoms with van der Waals surface area (Å²) < 4.78 is 29.3. The van der Waals surface area contributed by atoms with E-state index < -0.39 is 10.0 Å². The second-order valence-corrected chi connectivity index (χ2v) is 11.0. The molecule has 1 aliphatic heterocycles. The molecule has 0 spiro atoms. The molecular weight excluding hydrogens is 476 g/mol. The minimum atomic E-state index is -3.52. The Morgan fingerprint density at radius 2 is 1.96 bits per heavy atom. The van der Waals surface area contributed by atoms with Crippen molar-refractivity contribution in [3.05, 3.63) is 38.4 Å². The zero-order chi connectivity index (χ0) is 19.8. The largest absolute Gasteiger partial charge is 0.337 e. The Morgan fingerprint density at radius 1 is 1.30 bits per heavy atom. The van der Waals surface area contributed by atoms with Crippen molar-refractivity contribution in [3.8, 4) is 0 Å². The van der Waals surface area contributed by atoms with Crippen LogP contribution in [0.1, 0.15) is 11.3 Å². The lowest BCUT2D eigenvalue weighted by Gasteiger charge is -2.33. The quantitative estimate of drug-likeness (QED) is 0.614. The highest BCUT2D eigenvalue weighted by molar-refractivity contribution is 9.11. The van der Waals surface area contributed by atoms with Crippen LogP contribution in [0.15, 0.2) is 26.2 Å². The Bertz CT molecular complexity index is 991. The number of hydrogen-bond acceptors (Lipinski definition) is 5. The number of hydrogen-bond donors (Lipinski definition) is 0. The number of carbonyl (C=O) groups is 1. The number of sulfonamides is 1. The van der Waals surface area contributed by atoms with Crippen molar-refractivity contribution in [2.45, 2.75) is 11.1 Å². The van der Waals surface area contributed by atoms with Gasteiger partial charge in [-0.1, -0.05) is 11.6 Å². The van der Waals surface area contributed by atoms with Crippen LogP contribution in [0, 0.1) is 6.92 Å². The van der Waals surface area contributed by atoms with Gasteiger partial charge in [0.05, 0.1) is 9.48 Å². The molecule has 0 N–H and O–H groups in total.